The van der Waals surface area contributed by atoms with Gasteiger partial charge in [-0.25, -0.2) is 17.6 Å². The second-order valence-electron chi connectivity index (χ2n) is 6.92. The molecule has 0 bridgehead atoms. The SMILES string of the molecule is CCC(F)(F)CC(F)(F)CCCCCCCCCCCCP(=O)(O)O. The minimum Gasteiger partial charge on any atom is -0.324 e. The Labute approximate surface area is 148 Å². The van der Waals surface area contributed by atoms with E-state index in [1.807, 2.05) is 0 Å². The Bertz CT molecular complexity index is 386. The Balaban J connectivity index is 3.46. The highest BCUT2D eigenvalue weighted by Crippen LogP contribution is 2.36. The molecule has 0 radical (unpaired) electrons. The van der Waals surface area contributed by atoms with Crippen LogP contribution in [0.15, 0.2) is 0 Å². The second kappa shape index (κ2) is 12.3. The molecule has 0 aromatic rings. The van der Waals surface area contributed by atoms with Crippen LogP contribution in [0.3, 0.4) is 0 Å². The van der Waals surface area contributed by atoms with Gasteiger partial charge >= 0.3 is 7.60 Å². The zero-order chi connectivity index (χ0) is 19.4. The fraction of sp³-hybridized carbons (Fsp3) is 1.00. The molecule has 0 aliphatic carbocycles. The zero-order valence-corrected chi connectivity index (χ0v) is 16.1. The number of hydrogen-bond donors (Lipinski definition) is 2. The van der Waals surface area contributed by atoms with E-state index in [-0.39, 0.29) is 12.6 Å². The van der Waals surface area contributed by atoms with Crippen molar-refractivity contribution in [2.75, 3.05) is 6.16 Å². The van der Waals surface area contributed by atoms with E-state index in [0.29, 0.717) is 12.8 Å². The van der Waals surface area contributed by atoms with E-state index in [9.17, 15) is 22.1 Å². The van der Waals surface area contributed by atoms with Crippen molar-refractivity contribution in [3.8, 4) is 0 Å². The lowest BCUT2D eigenvalue weighted by Gasteiger charge is -2.22. The smallest absolute Gasteiger partial charge is 0.324 e. The molecule has 0 aromatic carbocycles. The summed E-state index contributed by atoms with van der Waals surface area (Å²) in [6.45, 7) is 1.22. The monoisotopic (exact) mass is 392 g/mol. The van der Waals surface area contributed by atoms with Gasteiger partial charge in [0.05, 0.1) is 6.42 Å². The first-order valence-corrected chi connectivity index (χ1v) is 11.1. The highest BCUT2D eigenvalue weighted by Gasteiger charge is 2.41. The van der Waals surface area contributed by atoms with Crippen LogP contribution in [-0.2, 0) is 4.57 Å². The summed E-state index contributed by atoms with van der Waals surface area (Å²) in [5.74, 6) is -6.57. The molecule has 0 unspecified atom stereocenters. The van der Waals surface area contributed by atoms with E-state index < -0.39 is 38.7 Å². The van der Waals surface area contributed by atoms with E-state index in [4.69, 9.17) is 9.79 Å². The summed E-state index contributed by atoms with van der Waals surface area (Å²) in [6, 6.07) is 0. The third-order valence-electron chi connectivity index (χ3n) is 4.28. The number of hydrogen-bond acceptors (Lipinski definition) is 1. The Hall–Kier alpha value is -0.130. The molecule has 0 aromatic heterocycles. The molecule has 25 heavy (non-hydrogen) atoms. The van der Waals surface area contributed by atoms with Gasteiger partial charge in [0.25, 0.3) is 11.8 Å². The van der Waals surface area contributed by atoms with Crippen LogP contribution >= 0.6 is 7.60 Å². The van der Waals surface area contributed by atoms with E-state index in [0.717, 1.165) is 44.9 Å². The summed E-state index contributed by atoms with van der Waals surface area (Å²) in [5.41, 5.74) is 0. The van der Waals surface area contributed by atoms with Crippen LogP contribution in [0, 0.1) is 0 Å². The molecule has 0 saturated heterocycles. The van der Waals surface area contributed by atoms with Gasteiger partial charge in [0.2, 0.25) is 0 Å². The lowest BCUT2D eigenvalue weighted by Crippen LogP contribution is -2.28. The van der Waals surface area contributed by atoms with Gasteiger partial charge < -0.3 is 9.79 Å². The Kier molecular flexibility index (Phi) is 12.2. The van der Waals surface area contributed by atoms with Gasteiger partial charge in [0.15, 0.2) is 0 Å². The predicted molar refractivity (Wildman–Crippen MR) is 92.5 cm³/mol. The summed E-state index contributed by atoms with van der Waals surface area (Å²) in [5, 5.41) is 0. The summed E-state index contributed by atoms with van der Waals surface area (Å²) < 4.78 is 63.5. The molecule has 2 N–H and O–H groups in total. The molecule has 0 heterocycles. The van der Waals surface area contributed by atoms with Crippen molar-refractivity contribution in [2.24, 2.45) is 0 Å². The highest BCUT2D eigenvalue weighted by molar-refractivity contribution is 7.51. The van der Waals surface area contributed by atoms with Gasteiger partial charge in [-0.1, -0.05) is 58.3 Å². The molecule has 0 aliphatic rings. The molecular formula is C17H33F4O3P. The minimum atomic E-state index is -3.86. The van der Waals surface area contributed by atoms with Gasteiger partial charge in [-0.05, 0) is 12.8 Å². The zero-order valence-electron chi connectivity index (χ0n) is 15.2. The van der Waals surface area contributed by atoms with Crippen LogP contribution in [0.25, 0.3) is 0 Å². The van der Waals surface area contributed by atoms with Crippen LogP contribution in [0.4, 0.5) is 17.6 Å². The maximum absolute atomic E-state index is 13.4. The molecule has 0 amide bonds. The number of alkyl halides is 4. The maximum Gasteiger partial charge on any atom is 0.325 e. The minimum absolute atomic E-state index is 0.0537. The standard InChI is InChI=1S/C17H33F4O3P/c1-2-16(18,19)15-17(20,21)13-11-9-7-5-3-4-6-8-10-12-14-25(22,23)24/h2-15H2,1H3,(H2,22,23,24). The molecule has 0 fully saturated rings. The number of halogens is 4. The van der Waals surface area contributed by atoms with Crippen molar-refractivity contribution in [1.82, 2.24) is 0 Å². The van der Waals surface area contributed by atoms with Gasteiger partial charge in [-0.3, -0.25) is 4.57 Å². The Morgan fingerprint density at radius 3 is 1.52 bits per heavy atom. The second-order valence-corrected chi connectivity index (χ2v) is 8.69. The average Bonchev–Trinajstić information content (AvgIpc) is 2.46. The normalized spacial score (nSPS) is 13.4. The molecule has 0 atom stereocenters. The van der Waals surface area contributed by atoms with Crippen molar-refractivity contribution in [2.45, 2.75) is 102 Å². The maximum atomic E-state index is 13.4. The van der Waals surface area contributed by atoms with Gasteiger partial charge in [0.1, 0.15) is 0 Å². The van der Waals surface area contributed by atoms with Crippen LogP contribution in [0.5, 0.6) is 0 Å². The molecule has 0 saturated carbocycles. The van der Waals surface area contributed by atoms with Crippen LogP contribution < -0.4 is 0 Å². The van der Waals surface area contributed by atoms with Gasteiger partial charge in [0, 0.05) is 19.0 Å². The van der Waals surface area contributed by atoms with Crippen molar-refractivity contribution >= 4 is 7.60 Å². The summed E-state index contributed by atoms with van der Waals surface area (Å²) in [7, 11) is -3.86. The van der Waals surface area contributed by atoms with Crippen LogP contribution in [0.1, 0.15) is 90.4 Å². The summed E-state index contributed by atoms with van der Waals surface area (Å²) >= 11 is 0. The topological polar surface area (TPSA) is 57.5 Å². The largest absolute Gasteiger partial charge is 0.325 e. The summed E-state index contributed by atoms with van der Waals surface area (Å²) in [4.78, 5) is 17.4. The first-order chi connectivity index (χ1) is 11.5. The van der Waals surface area contributed by atoms with E-state index in [2.05, 4.69) is 0 Å². The molecule has 0 aliphatic heterocycles. The molecule has 8 heteroatoms. The van der Waals surface area contributed by atoms with Crippen molar-refractivity contribution in [1.29, 1.82) is 0 Å². The van der Waals surface area contributed by atoms with Crippen molar-refractivity contribution in [3.05, 3.63) is 0 Å². The Morgan fingerprint density at radius 2 is 1.12 bits per heavy atom. The first-order valence-electron chi connectivity index (χ1n) is 9.28. The molecule has 0 spiro atoms. The summed E-state index contributed by atoms with van der Waals surface area (Å²) in [6.07, 6.45) is 5.58. The molecular weight excluding hydrogens is 359 g/mol. The third kappa shape index (κ3) is 17.1. The van der Waals surface area contributed by atoms with E-state index in [1.165, 1.54) is 6.92 Å². The fourth-order valence-electron chi connectivity index (χ4n) is 2.71. The van der Waals surface area contributed by atoms with Crippen LogP contribution in [0.2, 0.25) is 0 Å². The average molecular weight is 392 g/mol. The predicted octanol–water partition coefficient (Wildman–Crippen LogP) is 6.53. The highest BCUT2D eigenvalue weighted by atomic mass is 31.2. The lowest BCUT2D eigenvalue weighted by atomic mass is 10.0. The van der Waals surface area contributed by atoms with E-state index >= 15 is 0 Å². The third-order valence-corrected chi connectivity index (χ3v) is 5.18. The number of rotatable bonds is 16. The lowest BCUT2D eigenvalue weighted by molar-refractivity contribution is -0.116. The van der Waals surface area contributed by atoms with Gasteiger partial charge in [-0.2, -0.15) is 0 Å². The molecule has 152 valence electrons. The van der Waals surface area contributed by atoms with Gasteiger partial charge in [-0.15, -0.1) is 0 Å². The number of unbranched alkanes of at least 4 members (excludes halogenated alkanes) is 9. The quantitative estimate of drug-likeness (QED) is 0.178. The molecule has 0 rings (SSSR count). The first kappa shape index (κ1) is 24.9. The van der Waals surface area contributed by atoms with Crippen molar-refractivity contribution in [3.63, 3.8) is 0 Å². The fourth-order valence-corrected chi connectivity index (χ4v) is 3.34. The van der Waals surface area contributed by atoms with Crippen LogP contribution in [-0.4, -0.2) is 27.8 Å². The van der Waals surface area contributed by atoms with E-state index in [1.54, 1.807) is 0 Å². The van der Waals surface area contributed by atoms with Crippen molar-refractivity contribution < 1.29 is 31.9 Å². The Morgan fingerprint density at radius 1 is 0.720 bits per heavy atom. The molecule has 3 nitrogen and oxygen atoms in total.